The minimum absolute atomic E-state index is 0.255. The van der Waals surface area contributed by atoms with E-state index in [4.69, 9.17) is 4.42 Å². The summed E-state index contributed by atoms with van der Waals surface area (Å²) in [6.07, 6.45) is 0. The summed E-state index contributed by atoms with van der Waals surface area (Å²) in [5, 5.41) is 4.46. The van der Waals surface area contributed by atoms with Crippen LogP contribution in [0.4, 0.5) is 0 Å². The first-order valence-corrected chi connectivity index (χ1v) is 8.97. The summed E-state index contributed by atoms with van der Waals surface area (Å²) in [5.41, 5.74) is 2.60. The second-order valence-corrected chi connectivity index (χ2v) is 6.71. The quantitative estimate of drug-likeness (QED) is 0.768. The molecule has 2 aromatic heterocycles. The molecule has 0 saturated heterocycles. The summed E-state index contributed by atoms with van der Waals surface area (Å²) in [6, 6.07) is 10.7. The molecule has 0 bridgehead atoms. The summed E-state index contributed by atoms with van der Waals surface area (Å²) >= 11 is 1.39. The highest BCUT2D eigenvalue weighted by Crippen LogP contribution is 2.11. The van der Waals surface area contributed by atoms with Gasteiger partial charge in [-0.2, -0.15) is 4.99 Å². The van der Waals surface area contributed by atoms with E-state index in [0.29, 0.717) is 22.7 Å². The summed E-state index contributed by atoms with van der Waals surface area (Å²) in [6.45, 7) is 4.30. The van der Waals surface area contributed by atoms with E-state index in [1.807, 2.05) is 35.9 Å². The van der Waals surface area contributed by atoms with E-state index in [-0.39, 0.29) is 17.6 Å². The molecule has 6 nitrogen and oxygen atoms in total. The van der Waals surface area contributed by atoms with Crippen molar-refractivity contribution >= 4 is 23.2 Å². The van der Waals surface area contributed by atoms with Crippen LogP contribution in [0.15, 0.2) is 51.2 Å². The van der Waals surface area contributed by atoms with Crippen LogP contribution >= 0.6 is 11.3 Å². The van der Waals surface area contributed by atoms with Crippen LogP contribution in [0.25, 0.3) is 0 Å². The fraction of sp³-hybridized carbons (Fsp3) is 0.211. The zero-order valence-corrected chi connectivity index (χ0v) is 15.6. The number of hydrogen-bond donors (Lipinski definition) is 1. The van der Waals surface area contributed by atoms with Crippen LogP contribution in [0.2, 0.25) is 0 Å². The lowest BCUT2D eigenvalue weighted by Crippen LogP contribution is -2.19. The molecule has 0 aliphatic rings. The van der Waals surface area contributed by atoms with Gasteiger partial charge in [0.05, 0.1) is 6.54 Å². The first-order valence-electron chi connectivity index (χ1n) is 8.09. The van der Waals surface area contributed by atoms with Crippen LogP contribution in [0.5, 0.6) is 0 Å². The zero-order valence-electron chi connectivity index (χ0n) is 14.8. The molecule has 0 spiro atoms. The predicted molar refractivity (Wildman–Crippen MR) is 99.3 cm³/mol. The van der Waals surface area contributed by atoms with Crippen molar-refractivity contribution in [1.29, 1.82) is 0 Å². The summed E-state index contributed by atoms with van der Waals surface area (Å²) in [5.74, 6) is 0.313. The van der Waals surface area contributed by atoms with Crippen LogP contribution in [-0.4, -0.2) is 23.4 Å². The second-order valence-electron chi connectivity index (χ2n) is 5.87. The van der Waals surface area contributed by atoms with Crippen molar-refractivity contribution in [1.82, 2.24) is 9.88 Å². The molecule has 3 aromatic rings. The van der Waals surface area contributed by atoms with Gasteiger partial charge in [-0.15, -0.1) is 11.3 Å². The molecule has 0 aliphatic carbocycles. The third kappa shape index (κ3) is 3.83. The number of aromatic nitrogens is 1. The standard InChI is InChI=1S/C19H19N3O3S/c1-12-4-6-14(7-5-12)17(23)21-19-22(13(2)11-26-19)10-15-8-9-16(25-15)18(24)20-3/h4-9,11H,10H2,1-3H3,(H,20,24). The Kier molecular flexibility index (Phi) is 5.18. The molecular formula is C19H19N3O3S. The van der Waals surface area contributed by atoms with Crippen molar-refractivity contribution in [2.45, 2.75) is 20.4 Å². The normalized spacial score (nSPS) is 11.6. The molecule has 7 heteroatoms. The van der Waals surface area contributed by atoms with Crippen LogP contribution in [0.1, 0.15) is 37.9 Å². The smallest absolute Gasteiger partial charge is 0.286 e. The molecule has 3 rings (SSSR count). The molecule has 2 heterocycles. The minimum Gasteiger partial charge on any atom is -0.454 e. The van der Waals surface area contributed by atoms with Crippen molar-refractivity contribution in [3.05, 3.63) is 74.9 Å². The zero-order chi connectivity index (χ0) is 18.7. The highest BCUT2D eigenvalue weighted by molar-refractivity contribution is 7.07. The molecule has 0 fully saturated rings. The number of carbonyl (C=O) groups excluding carboxylic acids is 2. The topological polar surface area (TPSA) is 76.6 Å². The Hall–Kier alpha value is -2.93. The molecule has 1 aromatic carbocycles. The molecule has 0 unspecified atom stereocenters. The predicted octanol–water partition coefficient (Wildman–Crippen LogP) is 2.91. The van der Waals surface area contributed by atoms with Gasteiger partial charge in [-0.3, -0.25) is 9.59 Å². The molecule has 134 valence electrons. The Balaban J connectivity index is 1.89. The van der Waals surface area contributed by atoms with Crippen LogP contribution in [-0.2, 0) is 6.54 Å². The molecule has 0 saturated carbocycles. The highest BCUT2D eigenvalue weighted by atomic mass is 32.1. The van der Waals surface area contributed by atoms with Crippen molar-refractivity contribution in [2.24, 2.45) is 4.99 Å². The van der Waals surface area contributed by atoms with E-state index in [2.05, 4.69) is 10.3 Å². The lowest BCUT2D eigenvalue weighted by molar-refractivity contribution is 0.0933. The van der Waals surface area contributed by atoms with Crippen LogP contribution in [0, 0.1) is 13.8 Å². The Morgan fingerprint density at radius 2 is 1.88 bits per heavy atom. The van der Waals surface area contributed by atoms with Crippen molar-refractivity contribution in [3.63, 3.8) is 0 Å². The van der Waals surface area contributed by atoms with Gasteiger partial charge in [-0.1, -0.05) is 17.7 Å². The van der Waals surface area contributed by atoms with E-state index in [1.165, 1.54) is 11.3 Å². The lowest BCUT2D eigenvalue weighted by Gasteiger charge is -2.03. The maximum Gasteiger partial charge on any atom is 0.286 e. The minimum atomic E-state index is -0.286. The van der Waals surface area contributed by atoms with Crippen molar-refractivity contribution < 1.29 is 14.0 Å². The van der Waals surface area contributed by atoms with E-state index in [1.54, 1.807) is 31.3 Å². The summed E-state index contributed by atoms with van der Waals surface area (Å²) in [4.78, 5) is 28.9. The van der Waals surface area contributed by atoms with E-state index >= 15 is 0 Å². The number of nitrogens with one attached hydrogen (secondary N) is 1. The number of carbonyl (C=O) groups is 2. The van der Waals surface area contributed by atoms with Gasteiger partial charge >= 0.3 is 0 Å². The van der Waals surface area contributed by atoms with Gasteiger partial charge in [0.2, 0.25) is 0 Å². The largest absolute Gasteiger partial charge is 0.454 e. The maximum atomic E-state index is 12.4. The van der Waals surface area contributed by atoms with Gasteiger partial charge in [0.1, 0.15) is 5.76 Å². The summed E-state index contributed by atoms with van der Waals surface area (Å²) in [7, 11) is 1.55. The number of aryl methyl sites for hydroxylation is 2. The number of thiazole rings is 1. The molecular weight excluding hydrogens is 350 g/mol. The first kappa shape index (κ1) is 17.9. The van der Waals surface area contributed by atoms with Gasteiger partial charge in [0.25, 0.3) is 11.8 Å². The second kappa shape index (κ2) is 7.53. The van der Waals surface area contributed by atoms with E-state index < -0.39 is 0 Å². The number of hydrogen-bond acceptors (Lipinski definition) is 4. The monoisotopic (exact) mass is 369 g/mol. The number of amides is 2. The molecule has 26 heavy (non-hydrogen) atoms. The highest BCUT2D eigenvalue weighted by Gasteiger charge is 2.12. The molecule has 0 radical (unpaired) electrons. The van der Waals surface area contributed by atoms with E-state index in [9.17, 15) is 9.59 Å². The molecule has 1 N–H and O–H groups in total. The van der Waals surface area contributed by atoms with Crippen molar-refractivity contribution in [2.75, 3.05) is 7.05 Å². The Morgan fingerprint density at radius 1 is 1.15 bits per heavy atom. The van der Waals surface area contributed by atoms with Crippen LogP contribution < -0.4 is 10.1 Å². The third-order valence-electron chi connectivity index (χ3n) is 3.91. The first-order chi connectivity index (χ1) is 12.5. The SMILES string of the molecule is CNC(=O)c1ccc(Cn2c(C)csc2=NC(=O)c2ccc(C)cc2)o1. The Bertz CT molecular complexity index is 1010. The number of rotatable bonds is 4. The van der Waals surface area contributed by atoms with Gasteiger partial charge in [0, 0.05) is 23.7 Å². The van der Waals surface area contributed by atoms with Gasteiger partial charge < -0.3 is 14.3 Å². The molecule has 0 atom stereocenters. The van der Waals surface area contributed by atoms with E-state index in [0.717, 1.165) is 11.3 Å². The fourth-order valence-electron chi connectivity index (χ4n) is 2.41. The molecule has 0 aliphatic heterocycles. The maximum absolute atomic E-state index is 12.4. The lowest BCUT2D eigenvalue weighted by atomic mass is 10.1. The Morgan fingerprint density at radius 3 is 2.58 bits per heavy atom. The average Bonchev–Trinajstić information content (AvgIpc) is 3.24. The number of furan rings is 1. The van der Waals surface area contributed by atoms with Gasteiger partial charge in [-0.05, 0) is 38.1 Å². The van der Waals surface area contributed by atoms with Crippen LogP contribution in [0.3, 0.4) is 0 Å². The number of nitrogens with zero attached hydrogens (tertiary/aromatic N) is 2. The summed E-state index contributed by atoms with van der Waals surface area (Å²) < 4.78 is 7.46. The van der Waals surface area contributed by atoms with Gasteiger partial charge in [0.15, 0.2) is 10.6 Å². The van der Waals surface area contributed by atoms with Gasteiger partial charge in [-0.25, -0.2) is 0 Å². The average molecular weight is 369 g/mol. The van der Waals surface area contributed by atoms with Crippen molar-refractivity contribution in [3.8, 4) is 0 Å². The fourth-order valence-corrected chi connectivity index (χ4v) is 3.28. The third-order valence-corrected chi connectivity index (χ3v) is 4.90. The number of benzene rings is 1. The Labute approximate surface area is 154 Å². The molecule has 2 amide bonds.